The molecule has 2 aliphatic carbocycles. The Hall–Kier alpha value is -3.79. The van der Waals surface area contributed by atoms with E-state index in [1.54, 1.807) is 4.90 Å². The second-order valence-electron chi connectivity index (χ2n) is 11.1. The number of ketones is 1. The molecule has 1 aliphatic heterocycles. The first kappa shape index (κ1) is 24.9. The molecule has 1 amide bonds. The normalized spacial score (nSPS) is 23.3. The van der Waals surface area contributed by atoms with E-state index in [9.17, 15) is 14.9 Å². The zero-order valence-electron chi connectivity index (χ0n) is 21.8. The average molecular weight is 497 g/mol. The number of amides is 1. The third kappa shape index (κ3) is 4.81. The van der Waals surface area contributed by atoms with Gasteiger partial charge in [-0.05, 0) is 46.0 Å². The molecule has 0 saturated heterocycles. The zero-order chi connectivity index (χ0) is 26.3. The summed E-state index contributed by atoms with van der Waals surface area (Å²) in [5.74, 6) is 0.257. The van der Waals surface area contributed by atoms with Crippen molar-refractivity contribution in [3.05, 3.63) is 65.1 Å². The van der Waals surface area contributed by atoms with Gasteiger partial charge < -0.3 is 9.64 Å². The summed E-state index contributed by atoms with van der Waals surface area (Å²) in [6.07, 6.45) is 5.88. The van der Waals surface area contributed by atoms with E-state index in [4.69, 9.17) is 14.7 Å². The summed E-state index contributed by atoms with van der Waals surface area (Å²) >= 11 is 0. The molecule has 3 unspecified atom stereocenters. The number of carbonyl (C=O) groups excluding carboxylic acids is 2. The third-order valence-electron chi connectivity index (χ3n) is 7.47. The minimum absolute atomic E-state index is 0.0762. The molecule has 1 aromatic heterocycles. The maximum Gasteiger partial charge on any atom is 0.410 e. The van der Waals surface area contributed by atoms with Crippen molar-refractivity contribution in [2.45, 2.75) is 58.5 Å². The van der Waals surface area contributed by atoms with Crippen LogP contribution < -0.4 is 0 Å². The summed E-state index contributed by atoms with van der Waals surface area (Å²) in [4.78, 5) is 37.4. The zero-order valence-corrected chi connectivity index (χ0v) is 21.8. The number of aromatic nitrogens is 2. The largest absolute Gasteiger partial charge is 0.444 e. The molecule has 7 nitrogen and oxygen atoms in total. The number of allylic oxidation sites excluding steroid dienone is 2. The highest BCUT2D eigenvalue weighted by Crippen LogP contribution is 2.46. The Balaban J connectivity index is 1.60. The first-order valence-electron chi connectivity index (χ1n) is 13.0. The number of hydrogen-bond donors (Lipinski definition) is 0. The molecule has 7 heteroatoms. The molecule has 2 aromatic rings. The minimum Gasteiger partial charge on any atom is -0.444 e. The maximum atomic E-state index is 12.8. The van der Waals surface area contributed by atoms with Crippen LogP contribution in [0.5, 0.6) is 0 Å². The maximum absolute atomic E-state index is 12.8. The summed E-state index contributed by atoms with van der Waals surface area (Å²) in [5.41, 5.74) is 4.38. The summed E-state index contributed by atoms with van der Waals surface area (Å²) in [7, 11) is 0. The average Bonchev–Trinajstić information content (AvgIpc) is 2.89. The van der Waals surface area contributed by atoms with E-state index in [0.717, 1.165) is 40.9 Å². The van der Waals surface area contributed by atoms with Gasteiger partial charge in [-0.25, -0.2) is 14.8 Å². The topological polar surface area (TPSA) is 96.2 Å². The SMILES string of the molecule is CC1C(=O)C(C#N)=CC2c3nc(C4=CCCN(C(=O)OC(C)(C)C)C4)nc(-c4ccccc4)c3CCC12. The summed E-state index contributed by atoms with van der Waals surface area (Å²) < 4.78 is 5.61. The lowest BCUT2D eigenvalue weighted by Crippen LogP contribution is -2.40. The highest BCUT2D eigenvalue weighted by molar-refractivity contribution is 6.01. The van der Waals surface area contributed by atoms with Gasteiger partial charge in [0.15, 0.2) is 11.6 Å². The summed E-state index contributed by atoms with van der Waals surface area (Å²) in [6.45, 7) is 8.45. The van der Waals surface area contributed by atoms with Gasteiger partial charge in [-0.2, -0.15) is 5.26 Å². The second-order valence-corrected chi connectivity index (χ2v) is 11.1. The number of ether oxygens (including phenoxy) is 1. The number of Topliss-reactive ketones (excluding diaryl/α,β-unsaturated/α-hetero) is 1. The Kier molecular flexibility index (Phi) is 6.45. The van der Waals surface area contributed by atoms with Gasteiger partial charge >= 0.3 is 6.09 Å². The van der Waals surface area contributed by atoms with Crippen molar-refractivity contribution in [2.75, 3.05) is 13.1 Å². The number of nitriles is 1. The highest BCUT2D eigenvalue weighted by atomic mass is 16.6. The number of fused-ring (bicyclic) bond motifs is 3. The Morgan fingerprint density at radius 3 is 2.65 bits per heavy atom. The summed E-state index contributed by atoms with van der Waals surface area (Å²) in [5, 5.41) is 9.64. The van der Waals surface area contributed by atoms with Crippen LogP contribution in [0.4, 0.5) is 4.79 Å². The van der Waals surface area contributed by atoms with E-state index in [2.05, 4.69) is 12.1 Å². The van der Waals surface area contributed by atoms with Gasteiger partial charge in [0.2, 0.25) is 0 Å². The molecule has 0 radical (unpaired) electrons. The van der Waals surface area contributed by atoms with Gasteiger partial charge in [0.25, 0.3) is 0 Å². The summed E-state index contributed by atoms with van der Waals surface area (Å²) in [6, 6.07) is 12.2. The van der Waals surface area contributed by atoms with Crippen LogP contribution in [0.15, 0.2) is 48.1 Å². The van der Waals surface area contributed by atoms with E-state index in [0.29, 0.717) is 25.3 Å². The van der Waals surface area contributed by atoms with Crippen molar-refractivity contribution < 1.29 is 14.3 Å². The van der Waals surface area contributed by atoms with E-state index in [1.807, 2.05) is 64.1 Å². The lowest BCUT2D eigenvalue weighted by atomic mass is 9.66. The molecule has 3 atom stereocenters. The fourth-order valence-electron chi connectivity index (χ4n) is 5.64. The molecule has 190 valence electrons. The third-order valence-corrected chi connectivity index (χ3v) is 7.47. The number of benzene rings is 1. The van der Waals surface area contributed by atoms with Gasteiger partial charge in [0.05, 0.1) is 23.5 Å². The van der Waals surface area contributed by atoms with Crippen molar-refractivity contribution in [1.82, 2.24) is 14.9 Å². The van der Waals surface area contributed by atoms with Crippen LogP contribution in [0.1, 0.15) is 63.5 Å². The molecule has 1 aromatic carbocycles. The molecule has 37 heavy (non-hydrogen) atoms. The van der Waals surface area contributed by atoms with Crippen LogP contribution in [0.25, 0.3) is 16.8 Å². The smallest absolute Gasteiger partial charge is 0.410 e. The highest BCUT2D eigenvalue weighted by Gasteiger charge is 2.42. The molecular weight excluding hydrogens is 464 g/mol. The van der Waals surface area contributed by atoms with E-state index in [1.165, 1.54) is 0 Å². The van der Waals surface area contributed by atoms with Gasteiger partial charge in [0.1, 0.15) is 11.7 Å². The quantitative estimate of drug-likeness (QED) is 0.546. The van der Waals surface area contributed by atoms with Gasteiger partial charge in [-0.1, -0.05) is 49.4 Å². The minimum atomic E-state index is -0.573. The Bertz CT molecular complexity index is 1350. The Morgan fingerprint density at radius 1 is 1.19 bits per heavy atom. The number of hydrogen-bond acceptors (Lipinski definition) is 6. The number of rotatable bonds is 2. The standard InChI is InChI=1S/C30H32N4O3/c1-18-22-12-13-23-25(19-9-6-5-7-10-19)32-28(33-26(23)24(22)15-21(16-31)27(18)35)20-11-8-14-34(17-20)29(36)37-30(2,3)4/h5-7,9-11,15,18,22,24H,8,12-14,17H2,1-4H3. The second kappa shape index (κ2) is 9.59. The van der Waals surface area contributed by atoms with Crippen LogP contribution in [-0.4, -0.2) is 45.4 Å². The number of carbonyl (C=O) groups is 2. The predicted molar refractivity (Wildman–Crippen MR) is 140 cm³/mol. The van der Waals surface area contributed by atoms with Crippen molar-refractivity contribution in [2.24, 2.45) is 11.8 Å². The predicted octanol–water partition coefficient (Wildman–Crippen LogP) is 5.48. The molecule has 2 heterocycles. The lowest BCUT2D eigenvalue weighted by Gasteiger charge is -2.38. The monoisotopic (exact) mass is 496 g/mol. The first-order valence-corrected chi connectivity index (χ1v) is 13.0. The van der Waals surface area contributed by atoms with Crippen molar-refractivity contribution >= 4 is 17.4 Å². The van der Waals surface area contributed by atoms with Crippen LogP contribution in [0.2, 0.25) is 0 Å². The van der Waals surface area contributed by atoms with Crippen molar-refractivity contribution in [3.63, 3.8) is 0 Å². The van der Waals surface area contributed by atoms with E-state index in [-0.39, 0.29) is 35.2 Å². The van der Waals surface area contributed by atoms with Gasteiger partial charge in [-0.15, -0.1) is 0 Å². The van der Waals surface area contributed by atoms with E-state index < -0.39 is 5.60 Å². The molecule has 5 rings (SSSR count). The van der Waals surface area contributed by atoms with Crippen LogP contribution >= 0.6 is 0 Å². The van der Waals surface area contributed by atoms with Crippen molar-refractivity contribution in [1.29, 1.82) is 5.26 Å². The molecule has 0 spiro atoms. The molecule has 0 bridgehead atoms. The first-order chi connectivity index (χ1) is 17.7. The Morgan fingerprint density at radius 2 is 1.95 bits per heavy atom. The van der Waals surface area contributed by atoms with Crippen LogP contribution in [0, 0.1) is 23.2 Å². The molecule has 0 N–H and O–H groups in total. The van der Waals surface area contributed by atoms with Crippen LogP contribution in [0.3, 0.4) is 0 Å². The molecule has 3 aliphatic rings. The lowest BCUT2D eigenvalue weighted by molar-refractivity contribution is -0.120. The molecular formula is C30H32N4O3. The van der Waals surface area contributed by atoms with Crippen molar-refractivity contribution in [3.8, 4) is 17.3 Å². The fourth-order valence-corrected chi connectivity index (χ4v) is 5.64. The fraction of sp³-hybridized carbons (Fsp3) is 0.433. The number of nitrogens with zero attached hydrogens (tertiary/aromatic N) is 4. The molecule has 0 saturated carbocycles. The Labute approximate surface area is 217 Å². The van der Waals surface area contributed by atoms with E-state index >= 15 is 0 Å². The van der Waals surface area contributed by atoms with Gasteiger partial charge in [0, 0.05) is 35.1 Å². The molecule has 0 fully saturated rings. The van der Waals surface area contributed by atoms with Crippen LogP contribution in [-0.2, 0) is 16.0 Å². The van der Waals surface area contributed by atoms with Gasteiger partial charge in [-0.3, -0.25) is 4.79 Å².